The van der Waals surface area contributed by atoms with Gasteiger partial charge < -0.3 is 19.9 Å². The van der Waals surface area contributed by atoms with Crippen molar-refractivity contribution in [2.45, 2.75) is 12.2 Å². The van der Waals surface area contributed by atoms with Crippen molar-refractivity contribution < 1.29 is 38.1 Å². The summed E-state index contributed by atoms with van der Waals surface area (Å²) in [6.45, 7) is 0. The Hall–Kier alpha value is -3.95. The number of carboxylic acids is 1. The van der Waals surface area contributed by atoms with E-state index in [1.165, 1.54) is 66.7 Å². The molecular formula is C24H16Cl2FNO7. The number of carbonyl (C=O) groups is 4. The number of ether oxygens (including phenoxy) is 2. The third-order valence-electron chi connectivity index (χ3n) is 4.54. The molecule has 180 valence electrons. The average molecular weight is 520 g/mol. The van der Waals surface area contributed by atoms with Crippen molar-refractivity contribution in [3.05, 3.63) is 99.8 Å². The van der Waals surface area contributed by atoms with Gasteiger partial charge in [-0.05, 0) is 60.7 Å². The molecule has 2 N–H and O–H groups in total. The lowest BCUT2D eigenvalue weighted by Gasteiger charge is -2.23. The third-order valence-corrected chi connectivity index (χ3v) is 5.04. The summed E-state index contributed by atoms with van der Waals surface area (Å²) < 4.78 is 24.2. The summed E-state index contributed by atoms with van der Waals surface area (Å²) in [4.78, 5) is 50.1. The molecule has 0 saturated heterocycles. The zero-order valence-electron chi connectivity index (χ0n) is 17.6. The Balaban J connectivity index is 1.91. The Labute approximate surface area is 208 Å². The van der Waals surface area contributed by atoms with Gasteiger partial charge in [-0.1, -0.05) is 35.3 Å². The van der Waals surface area contributed by atoms with Gasteiger partial charge in [0.25, 0.3) is 5.91 Å². The second-order valence-corrected chi connectivity index (χ2v) is 7.85. The topological polar surface area (TPSA) is 119 Å². The molecular weight excluding hydrogens is 504 g/mol. The molecule has 0 aliphatic carbocycles. The van der Waals surface area contributed by atoms with E-state index in [1.807, 2.05) is 0 Å². The number of hydrogen-bond donors (Lipinski definition) is 2. The van der Waals surface area contributed by atoms with Crippen molar-refractivity contribution in [3.8, 4) is 0 Å². The molecule has 0 bridgehead atoms. The van der Waals surface area contributed by atoms with Gasteiger partial charge in [-0.15, -0.1) is 0 Å². The van der Waals surface area contributed by atoms with Crippen LogP contribution >= 0.6 is 23.2 Å². The van der Waals surface area contributed by atoms with E-state index in [1.54, 1.807) is 0 Å². The molecule has 0 aliphatic rings. The van der Waals surface area contributed by atoms with Gasteiger partial charge in [0.2, 0.25) is 12.2 Å². The van der Waals surface area contributed by atoms with Gasteiger partial charge in [0, 0.05) is 10.0 Å². The molecule has 0 aromatic heterocycles. The van der Waals surface area contributed by atoms with Crippen molar-refractivity contribution in [1.82, 2.24) is 0 Å². The lowest BCUT2D eigenvalue weighted by atomic mass is 10.1. The second kappa shape index (κ2) is 11.5. The number of hydrogen-bond acceptors (Lipinski definition) is 6. The fraction of sp³-hybridized carbons (Fsp3) is 0.0833. The van der Waals surface area contributed by atoms with Crippen molar-refractivity contribution in [1.29, 1.82) is 0 Å². The predicted octanol–water partition coefficient (Wildman–Crippen LogP) is 4.61. The van der Waals surface area contributed by atoms with Crippen molar-refractivity contribution in [2.24, 2.45) is 0 Å². The number of benzene rings is 3. The molecule has 0 saturated carbocycles. The second-order valence-electron chi connectivity index (χ2n) is 6.97. The molecule has 3 rings (SSSR count). The average Bonchev–Trinajstić information content (AvgIpc) is 2.83. The summed E-state index contributed by atoms with van der Waals surface area (Å²) in [5, 5.41) is 12.5. The quantitative estimate of drug-likeness (QED) is 0.417. The smallest absolute Gasteiger partial charge is 0.349 e. The maximum atomic E-state index is 14.1. The zero-order valence-corrected chi connectivity index (χ0v) is 19.1. The molecule has 0 aliphatic heterocycles. The van der Waals surface area contributed by atoms with Gasteiger partial charge in [0.05, 0.1) is 16.8 Å². The lowest BCUT2D eigenvalue weighted by molar-refractivity contribution is -0.157. The van der Waals surface area contributed by atoms with E-state index < -0.39 is 41.8 Å². The number of halogens is 3. The molecule has 3 aromatic rings. The molecule has 35 heavy (non-hydrogen) atoms. The Morgan fingerprint density at radius 3 is 1.66 bits per heavy atom. The number of rotatable bonds is 8. The van der Waals surface area contributed by atoms with E-state index >= 15 is 0 Å². The summed E-state index contributed by atoms with van der Waals surface area (Å²) in [7, 11) is 0. The predicted molar refractivity (Wildman–Crippen MR) is 124 cm³/mol. The first-order valence-corrected chi connectivity index (χ1v) is 10.6. The van der Waals surface area contributed by atoms with Crippen molar-refractivity contribution in [3.63, 3.8) is 0 Å². The molecule has 0 radical (unpaired) electrons. The maximum Gasteiger partial charge on any atom is 0.349 e. The van der Waals surface area contributed by atoms with Crippen LogP contribution in [0.4, 0.5) is 10.1 Å². The van der Waals surface area contributed by atoms with Crippen LogP contribution in [-0.4, -0.2) is 41.1 Å². The van der Waals surface area contributed by atoms with Crippen LogP contribution in [0.15, 0.2) is 72.8 Å². The summed E-state index contributed by atoms with van der Waals surface area (Å²) >= 11 is 11.6. The van der Waals surface area contributed by atoms with E-state index in [0.717, 1.165) is 6.07 Å². The van der Waals surface area contributed by atoms with Crippen LogP contribution in [0, 0.1) is 5.82 Å². The van der Waals surface area contributed by atoms with Crippen LogP contribution < -0.4 is 5.32 Å². The molecule has 0 unspecified atom stereocenters. The normalized spacial score (nSPS) is 12.2. The zero-order chi connectivity index (χ0) is 25.5. The van der Waals surface area contributed by atoms with E-state index in [9.17, 15) is 28.7 Å². The number of nitrogens with one attached hydrogen (secondary N) is 1. The molecule has 3 aromatic carbocycles. The number of carboxylic acid groups (broad SMARTS) is 1. The number of esters is 2. The largest absolute Gasteiger partial charge is 0.478 e. The van der Waals surface area contributed by atoms with E-state index in [-0.39, 0.29) is 16.8 Å². The van der Waals surface area contributed by atoms with Gasteiger partial charge in [-0.2, -0.15) is 0 Å². The fourth-order valence-corrected chi connectivity index (χ4v) is 3.05. The summed E-state index contributed by atoms with van der Waals surface area (Å²) in [6, 6.07) is 15.7. The highest BCUT2D eigenvalue weighted by atomic mass is 35.5. The maximum absolute atomic E-state index is 14.1. The van der Waals surface area contributed by atoms with Gasteiger partial charge in [0.1, 0.15) is 5.82 Å². The van der Waals surface area contributed by atoms with E-state index in [2.05, 4.69) is 5.32 Å². The lowest BCUT2D eigenvalue weighted by Crippen LogP contribution is -2.48. The van der Waals surface area contributed by atoms with E-state index in [0.29, 0.717) is 10.0 Å². The summed E-state index contributed by atoms with van der Waals surface area (Å²) in [5.41, 5.74) is -0.442. The van der Waals surface area contributed by atoms with E-state index in [4.69, 9.17) is 32.7 Å². The molecule has 11 heteroatoms. The Kier molecular flexibility index (Phi) is 8.40. The monoisotopic (exact) mass is 519 g/mol. The Morgan fingerprint density at radius 1 is 0.743 bits per heavy atom. The molecule has 2 atom stereocenters. The number of aliphatic carboxylic acids is 1. The van der Waals surface area contributed by atoms with Crippen LogP contribution in [0.1, 0.15) is 20.7 Å². The standard InChI is InChI=1S/C24H16Cl2FNO7/c25-15-9-5-13(6-10-15)23(32)34-19(21(29)28-18-4-2-1-3-17(18)27)20(22(30)31)35-24(33)14-7-11-16(26)12-8-14/h1-12,19-20H,(H,28,29)(H,30,31)/t19-,20-/m0/s1. The molecule has 0 heterocycles. The van der Waals surface area contributed by atoms with Gasteiger partial charge in [0.15, 0.2) is 0 Å². The minimum Gasteiger partial charge on any atom is -0.478 e. The van der Waals surface area contributed by atoms with Crippen LogP contribution in [0.5, 0.6) is 0 Å². The number of anilines is 1. The molecule has 0 fully saturated rings. The van der Waals surface area contributed by atoms with Crippen molar-refractivity contribution >= 4 is 52.7 Å². The highest BCUT2D eigenvalue weighted by Crippen LogP contribution is 2.19. The minimum absolute atomic E-state index is 0.0636. The van der Waals surface area contributed by atoms with Gasteiger partial charge >= 0.3 is 17.9 Å². The molecule has 1 amide bonds. The first-order valence-electron chi connectivity index (χ1n) is 9.87. The highest BCUT2D eigenvalue weighted by molar-refractivity contribution is 6.31. The van der Waals surface area contributed by atoms with Gasteiger partial charge in [-0.3, -0.25) is 4.79 Å². The SMILES string of the molecule is O=C(O[C@H](C(=O)O)[C@H](OC(=O)c1ccc(Cl)cc1)C(=O)Nc1ccccc1F)c1ccc(Cl)cc1. The van der Waals surface area contributed by atoms with Crippen LogP contribution in [0.3, 0.4) is 0 Å². The fourth-order valence-electron chi connectivity index (χ4n) is 2.80. The first-order chi connectivity index (χ1) is 16.7. The first kappa shape index (κ1) is 25.7. The highest BCUT2D eigenvalue weighted by Gasteiger charge is 2.41. The van der Waals surface area contributed by atoms with Gasteiger partial charge in [-0.25, -0.2) is 18.8 Å². The summed E-state index contributed by atoms with van der Waals surface area (Å²) in [6.07, 6.45) is -4.47. The van der Waals surface area contributed by atoms with Crippen molar-refractivity contribution in [2.75, 3.05) is 5.32 Å². The number of amides is 1. The van der Waals surface area contributed by atoms with Crippen LogP contribution in [0.25, 0.3) is 0 Å². The molecule has 8 nitrogen and oxygen atoms in total. The third kappa shape index (κ3) is 6.78. The minimum atomic E-state index is -2.28. The molecule has 0 spiro atoms. The Bertz CT molecular complexity index is 1250. The number of para-hydroxylation sites is 1. The van der Waals surface area contributed by atoms with Crippen LogP contribution in [-0.2, 0) is 19.1 Å². The number of carbonyl (C=O) groups excluding carboxylic acids is 3. The van der Waals surface area contributed by atoms with Crippen LogP contribution in [0.2, 0.25) is 10.0 Å². The summed E-state index contributed by atoms with van der Waals surface area (Å²) in [5.74, 6) is -6.09. The Morgan fingerprint density at radius 2 is 1.20 bits per heavy atom.